The fraction of sp³-hybridized carbons (Fsp3) is 0.722. The van der Waals surface area contributed by atoms with Crippen LogP contribution in [0.3, 0.4) is 0 Å². The molecule has 7 nitrogen and oxygen atoms in total. The molecule has 4 heterocycles. The van der Waals surface area contributed by atoms with E-state index in [9.17, 15) is 22.8 Å². The monoisotopic (exact) mass is 397 g/mol. The van der Waals surface area contributed by atoms with Crippen LogP contribution in [0.2, 0.25) is 0 Å². The number of hydrogen-bond acceptors (Lipinski definition) is 3. The Morgan fingerprint density at radius 1 is 1.21 bits per heavy atom. The van der Waals surface area contributed by atoms with Gasteiger partial charge in [-0.2, -0.15) is 18.3 Å². The van der Waals surface area contributed by atoms with Crippen LogP contribution in [0.5, 0.6) is 0 Å². The lowest BCUT2D eigenvalue weighted by molar-refractivity contribution is -0.146. The summed E-state index contributed by atoms with van der Waals surface area (Å²) >= 11 is 0. The molecule has 28 heavy (non-hydrogen) atoms. The Labute approximate surface area is 159 Å². The minimum atomic E-state index is -4.38. The Bertz CT molecular complexity index is 815. The van der Waals surface area contributed by atoms with Gasteiger partial charge in [0, 0.05) is 50.8 Å². The highest BCUT2D eigenvalue weighted by molar-refractivity contribution is 5.82. The molecule has 1 N–H and O–H groups in total. The quantitative estimate of drug-likeness (QED) is 0.826. The average Bonchev–Trinajstić information content (AvgIpc) is 3.12. The maximum absolute atomic E-state index is 12.9. The van der Waals surface area contributed by atoms with Crippen molar-refractivity contribution < 1.29 is 22.8 Å². The zero-order valence-corrected chi connectivity index (χ0v) is 15.3. The van der Waals surface area contributed by atoms with Crippen molar-refractivity contribution in [2.45, 2.75) is 43.9 Å². The molecule has 0 aromatic carbocycles. The smallest absolute Gasteiger partial charge is 0.347 e. The van der Waals surface area contributed by atoms with E-state index in [4.69, 9.17) is 0 Å². The summed E-state index contributed by atoms with van der Waals surface area (Å²) in [5, 5.41) is 6.78. The third-order valence-electron chi connectivity index (χ3n) is 6.70. The topological polar surface area (TPSA) is 70.5 Å². The Balaban J connectivity index is 1.09. The molecule has 3 saturated heterocycles. The van der Waals surface area contributed by atoms with E-state index in [1.165, 1.54) is 6.20 Å². The van der Waals surface area contributed by atoms with Gasteiger partial charge < -0.3 is 15.1 Å². The van der Waals surface area contributed by atoms with Gasteiger partial charge in [-0.1, -0.05) is 0 Å². The van der Waals surface area contributed by atoms with E-state index in [-0.39, 0.29) is 35.4 Å². The van der Waals surface area contributed by atoms with Gasteiger partial charge in [-0.25, -0.2) is 4.79 Å². The number of carbonyl (C=O) groups is 2. The molecular weight excluding hydrogens is 375 g/mol. The van der Waals surface area contributed by atoms with Crippen LogP contribution in [0.1, 0.15) is 31.4 Å². The first-order valence-corrected chi connectivity index (χ1v) is 9.61. The molecule has 0 atom stereocenters. The van der Waals surface area contributed by atoms with Crippen molar-refractivity contribution in [3.05, 3.63) is 18.0 Å². The Kier molecular flexibility index (Phi) is 3.59. The Hall–Kier alpha value is -2.26. The zero-order chi connectivity index (χ0) is 19.7. The predicted octanol–water partition coefficient (Wildman–Crippen LogP) is 1.70. The van der Waals surface area contributed by atoms with E-state index in [0.29, 0.717) is 32.6 Å². The first-order chi connectivity index (χ1) is 13.2. The molecule has 1 aliphatic carbocycles. The first-order valence-electron chi connectivity index (χ1n) is 9.61. The summed E-state index contributed by atoms with van der Waals surface area (Å²) < 4.78 is 39.9. The van der Waals surface area contributed by atoms with Crippen LogP contribution in [0.25, 0.3) is 0 Å². The maximum atomic E-state index is 12.9. The highest BCUT2D eigenvalue weighted by Gasteiger charge is 2.57. The van der Waals surface area contributed by atoms with E-state index < -0.39 is 11.9 Å². The zero-order valence-electron chi connectivity index (χ0n) is 15.3. The van der Waals surface area contributed by atoms with E-state index in [0.717, 1.165) is 30.0 Å². The second-order valence-corrected chi connectivity index (χ2v) is 8.99. The van der Waals surface area contributed by atoms with E-state index >= 15 is 0 Å². The summed E-state index contributed by atoms with van der Waals surface area (Å²) in [6.07, 6.45) is -0.225. The molecule has 5 rings (SSSR count). The van der Waals surface area contributed by atoms with E-state index in [2.05, 4.69) is 10.4 Å². The van der Waals surface area contributed by atoms with E-state index in [1.807, 2.05) is 4.90 Å². The van der Waals surface area contributed by atoms with Crippen molar-refractivity contribution in [1.82, 2.24) is 24.9 Å². The molecule has 2 spiro atoms. The van der Waals surface area contributed by atoms with Crippen LogP contribution in [-0.4, -0.2) is 63.2 Å². The molecule has 1 aromatic heterocycles. The van der Waals surface area contributed by atoms with Crippen molar-refractivity contribution in [2.24, 2.45) is 11.3 Å². The molecule has 4 fully saturated rings. The summed E-state index contributed by atoms with van der Waals surface area (Å²) in [6.45, 7) is 2.76. The van der Waals surface area contributed by atoms with Crippen LogP contribution in [0.4, 0.5) is 18.0 Å². The normalized spacial score (nSPS) is 25.5. The molecule has 10 heteroatoms. The SMILES string of the molecule is O=C1CCC2(CN(C(=O)N3CC4(CC(Cn5nccc5C(F)(F)F)C4)C3)C2)N1. The fourth-order valence-corrected chi connectivity index (χ4v) is 5.44. The lowest BCUT2D eigenvalue weighted by atomic mass is 9.57. The third-order valence-corrected chi connectivity index (χ3v) is 6.70. The molecule has 0 unspecified atom stereocenters. The summed E-state index contributed by atoms with van der Waals surface area (Å²) in [5.41, 5.74) is -0.850. The number of likely N-dealkylation sites (tertiary alicyclic amines) is 2. The number of alkyl halides is 3. The lowest BCUT2D eigenvalue weighted by Crippen LogP contribution is -2.73. The van der Waals surface area contributed by atoms with Gasteiger partial charge in [0.25, 0.3) is 0 Å². The summed E-state index contributed by atoms with van der Waals surface area (Å²) in [4.78, 5) is 27.5. The second-order valence-electron chi connectivity index (χ2n) is 8.99. The number of urea groups is 1. The van der Waals surface area contributed by atoms with Gasteiger partial charge in [0.2, 0.25) is 5.91 Å². The molecule has 1 saturated carbocycles. The van der Waals surface area contributed by atoms with Gasteiger partial charge in [-0.3, -0.25) is 9.48 Å². The van der Waals surface area contributed by atoms with Crippen LogP contribution in [-0.2, 0) is 17.5 Å². The van der Waals surface area contributed by atoms with Crippen LogP contribution in [0.15, 0.2) is 12.3 Å². The molecule has 3 aliphatic heterocycles. The summed E-state index contributed by atoms with van der Waals surface area (Å²) in [7, 11) is 0. The molecule has 152 valence electrons. The average molecular weight is 397 g/mol. The molecule has 4 aliphatic rings. The summed E-state index contributed by atoms with van der Waals surface area (Å²) in [5.74, 6) is 0.223. The van der Waals surface area contributed by atoms with Gasteiger partial charge in [0.05, 0.1) is 5.54 Å². The third kappa shape index (κ3) is 2.76. The molecule has 1 aromatic rings. The Morgan fingerprint density at radius 2 is 1.89 bits per heavy atom. The standard InChI is InChI=1S/C18H22F3N5O2/c19-18(20,21)13-2-4-22-26(13)7-12-5-16(6-12)8-24(9-16)15(28)25-10-17(11-25)3-1-14(27)23-17/h2,4,12H,1,3,5-11H2,(H,23,27). The molecular formula is C18H22F3N5O2. The number of hydrogen-bond donors (Lipinski definition) is 1. The number of nitrogens with one attached hydrogen (secondary N) is 1. The van der Waals surface area contributed by atoms with Crippen molar-refractivity contribution in [3.8, 4) is 0 Å². The van der Waals surface area contributed by atoms with Crippen LogP contribution in [0, 0.1) is 11.3 Å². The maximum Gasteiger partial charge on any atom is 0.433 e. The molecule has 0 radical (unpaired) electrons. The van der Waals surface area contributed by atoms with Crippen LogP contribution < -0.4 is 5.32 Å². The van der Waals surface area contributed by atoms with Crippen molar-refractivity contribution in [3.63, 3.8) is 0 Å². The number of aromatic nitrogens is 2. The summed E-state index contributed by atoms with van der Waals surface area (Å²) in [6, 6.07) is 1.01. The minimum absolute atomic E-state index is 0.00674. The van der Waals surface area contributed by atoms with E-state index in [1.54, 1.807) is 4.90 Å². The van der Waals surface area contributed by atoms with Crippen LogP contribution >= 0.6 is 0 Å². The van der Waals surface area contributed by atoms with Crippen molar-refractivity contribution in [2.75, 3.05) is 26.2 Å². The fourth-order valence-electron chi connectivity index (χ4n) is 5.44. The number of amides is 3. The first kappa shape index (κ1) is 17.8. The van der Waals surface area contributed by atoms with Crippen molar-refractivity contribution >= 4 is 11.9 Å². The Morgan fingerprint density at radius 3 is 2.50 bits per heavy atom. The molecule has 3 amide bonds. The number of nitrogens with zero attached hydrogens (tertiary/aromatic N) is 4. The minimum Gasteiger partial charge on any atom is -0.347 e. The van der Waals surface area contributed by atoms with Gasteiger partial charge >= 0.3 is 12.2 Å². The number of halogens is 3. The van der Waals surface area contributed by atoms with Gasteiger partial charge in [0.15, 0.2) is 0 Å². The lowest BCUT2D eigenvalue weighted by Gasteiger charge is -2.61. The highest BCUT2D eigenvalue weighted by atomic mass is 19.4. The van der Waals surface area contributed by atoms with Gasteiger partial charge in [-0.15, -0.1) is 0 Å². The number of rotatable bonds is 2. The van der Waals surface area contributed by atoms with Gasteiger partial charge in [0.1, 0.15) is 5.69 Å². The second kappa shape index (κ2) is 5.64. The largest absolute Gasteiger partial charge is 0.433 e. The van der Waals surface area contributed by atoms with Crippen molar-refractivity contribution in [1.29, 1.82) is 0 Å². The van der Waals surface area contributed by atoms with Gasteiger partial charge in [-0.05, 0) is 31.2 Å². The predicted molar refractivity (Wildman–Crippen MR) is 91.0 cm³/mol. The number of carbonyl (C=O) groups excluding carboxylic acids is 2. The highest BCUT2D eigenvalue weighted by Crippen LogP contribution is 2.53. The molecule has 0 bridgehead atoms.